The maximum atomic E-state index is 12.0. The van der Waals surface area contributed by atoms with Gasteiger partial charge in [-0.15, -0.1) is 0 Å². The predicted octanol–water partition coefficient (Wildman–Crippen LogP) is 2.23. The number of ether oxygens (including phenoxy) is 1. The molecule has 96 valence electrons. The van der Waals surface area contributed by atoms with Crippen LogP contribution in [0, 0.1) is 0 Å². The molecule has 0 unspecified atom stereocenters. The summed E-state index contributed by atoms with van der Waals surface area (Å²) < 4.78 is 29.5. The number of nitrogens with zero attached hydrogens (tertiary/aromatic N) is 1. The van der Waals surface area contributed by atoms with Crippen LogP contribution in [-0.2, 0) is 0 Å². The standard InChI is InChI=1S/C12H18F2N2O/c1-16(9-12(13)14)7-4-8-17-11-6-3-2-5-10(11)15/h2-3,5-6,12H,4,7-9,15H2,1H3. The van der Waals surface area contributed by atoms with Gasteiger partial charge in [-0.05, 0) is 25.6 Å². The lowest BCUT2D eigenvalue weighted by Crippen LogP contribution is -2.26. The summed E-state index contributed by atoms with van der Waals surface area (Å²) >= 11 is 0. The van der Waals surface area contributed by atoms with E-state index in [1.807, 2.05) is 12.1 Å². The second-order valence-electron chi connectivity index (χ2n) is 3.89. The number of rotatable bonds is 7. The molecule has 0 radical (unpaired) electrons. The van der Waals surface area contributed by atoms with Crippen molar-refractivity contribution >= 4 is 5.69 Å². The Bertz CT molecular complexity index is 334. The Kier molecular flexibility index (Phi) is 5.69. The number of para-hydroxylation sites is 2. The van der Waals surface area contributed by atoms with Gasteiger partial charge in [0.1, 0.15) is 5.75 Å². The van der Waals surface area contributed by atoms with Crippen molar-refractivity contribution in [2.45, 2.75) is 12.8 Å². The molecule has 0 amide bonds. The van der Waals surface area contributed by atoms with Crippen LogP contribution in [0.15, 0.2) is 24.3 Å². The number of nitrogen functional groups attached to an aromatic ring is 1. The summed E-state index contributed by atoms with van der Waals surface area (Å²) in [5.41, 5.74) is 6.29. The zero-order valence-corrected chi connectivity index (χ0v) is 9.90. The molecule has 0 aromatic heterocycles. The summed E-state index contributed by atoms with van der Waals surface area (Å²) in [6.07, 6.45) is -1.59. The van der Waals surface area contributed by atoms with Crippen molar-refractivity contribution in [1.82, 2.24) is 4.90 Å². The molecule has 0 fully saturated rings. The average Bonchev–Trinajstić information content (AvgIpc) is 2.25. The van der Waals surface area contributed by atoms with Gasteiger partial charge in [-0.2, -0.15) is 0 Å². The average molecular weight is 244 g/mol. The molecule has 17 heavy (non-hydrogen) atoms. The van der Waals surface area contributed by atoms with Gasteiger partial charge in [0.2, 0.25) is 0 Å². The Balaban J connectivity index is 2.18. The molecule has 3 nitrogen and oxygen atoms in total. The number of nitrogens with two attached hydrogens (primary N) is 1. The molecule has 0 aliphatic heterocycles. The first-order valence-electron chi connectivity index (χ1n) is 5.53. The second kappa shape index (κ2) is 7.06. The molecule has 0 spiro atoms. The summed E-state index contributed by atoms with van der Waals surface area (Å²) in [4.78, 5) is 1.59. The van der Waals surface area contributed by atoms with Crippen molar-refractivity contribution in [3.63, 3.8) is 0 Å². The fourth-order valence-corrected chi connectivity index (χ4v) is 1.46. The van der Waals surface area contributed by atoms with Gasteiger partial charge in [-0.1, -0.05) is 12.1 Å². The lowest BCUT2D eigenvalue weighted by Gasteiger charge is -2.16. The van der Waals surface area contributed by atoms with Crippen molar-refractivity contribution in [1.29, 1.82) is 0 Å². The molecule has 0 heterocycles. The van der Waals surface area contributed by atoms with Crippen LogP contribution in [0.2, 0.25) is 0 Å². The van der Waals surface area contributed by atoms with Crippen molar-refractivity contribution in [3.8, 4) is 5.75 Å². The Morgan fingerprint density at radius 2 is 2.06 bits per heavy atom. The smallest absolute Gasteiger partial charge is 0.251 e. The molecule has 2 N–H and O–H groups in total. The van der Waals surface area contributed by atoms with Crippen molar-refractivity contribution in [2.24, 2.45) is 0 Å². The van der Waals surface area contributed by atoms with Gasteiger partial charge >= 0.3 is 0 Å². The van der Waals surface area contributed by atoms with E-state index in [9.17, 15) is 8.78 Å². The number of hydrogen-bond donors (Lipinski definition) is 1. The number of halogens is 2. The molecular weight excluding hydrogens is 226 g/mol. The molecule has 1 aromatic rings. The van der Waals surface area contributed by atoms with Gasteiger partial charge in [0.25, 0.3) is 6.43 Å². The van der Waals surface area contributed by atoms with Crippen molar-refractivity contribution < 1.29 is 13.5 Å². The molecule has 0 bridgehead atoms. The van der Waals surface area contributed by atoms with Crippen LogP contribution < -0.4 is 10.5 Å². The molecule has 1 aromatic carbocycles. The molecule has 0 saturated carbocycles. The Morgan fingerprint density at radius 1 is 1.35 bits per heavy atom. The number of hydrogen-bond acceptors (Lipinski definition) is 3. The largest absolute Gasteiger partial charge is 0.491 e. The molecule has 0 aliphatic carbocycles. The van der Waals surface area contributed by atoms with E-state index >= 15 is 0 Å². The summed E-state index contributed by atoms with van der Waals surface area (Å²) in [7, 11) is 1.67. The first-order chi connectivity index (χ1) is 8.09. The Labute approximate surface area is 100 Å². The zero-order valence-electron chi connectivity index (χ0n) is 9.90. The fraction of sp³-hybridized carbons (Fsp3) is 0.500. The lowest BCUT2D eigenvalue weighted by molar-refractivity contribution is 0.0977. The van der Waals surface area contributed by atoms with E-state index in [4.69, 9.17) is 10.5 Å². The van der Waals surface area contributed by atoms with Crippen LogP contribution in [0.1, 0.15) is 6.42 Å². The summed E-state index contributed by atoms with van der Waals surface area (Å²) in [6, 6.07) is 7.23. The van der Waals surface area contributed by atoms with Crippen molar-refractivity contribution in [3.05, 3.63) is 24.3 Å². The van der Waals surface area contributed by atoms with Gasteiger partial charge < -0.3 is 15.4 Å². The predicted molar refractivity (Wildman–Crippen MR) is 64.5 cm³/mol. The molecular formula is C12H18F2N2O. The highest BCUT2D eigenvalue weighted by Gasteiger charge is 2.07. The highest BCUT2D eigenvalue weighted by Crippen LogP contribution is 2.19. The number of alkyl halides is 2. The highest BCUT2D eigenvalue weighted by molar-refractivity contribution is 5.51. The topological polar surface area (TPSA) is 38.5 Å². The maximum absolute atomic E-state index is 12.0. The van der Waals surface area contributed by atoms with E-state index in [1.165, 1.54) is 0 Å². The normalized spacial score (nSPS) is 11.1. The monoisotopic (exact) mass is 244 g/mol. The Hall–Kier alpha value is -1.36. The first-order valence-corrected chi connectivity index (χ1v) is 5.53. The van der Waals surface area contributed by atoms with Gasteiger partial charge in [-0.25, -0.2) is 8.78 Å². The number of anilines is 1. The minimum atomic E-state index is -2.29. The maximum Gasteiger partial charge on any atom is 0.251 e. The third-order valence-corrected chi connectivity index (χ3v) is 2.31. The highest BCUT2D eigenvalue weighted by atomic mass is 19.3. The van der Waals surface area contributed by atoms with Gasteiger partial charge in [-0.3, -0.25) is 0 Å². The van der Waals surface area contributed by atoms with Crippen LogP contribution in [-0.4, -0.2) is 38.1 Å². The van der Waals surface area contributed by atoms with E-state index in [2.05, 4.69) is 0 Å². The lowest BCUT2D eigenvalue weighted by atomic mass is 10.3. The van der Waals surface area contributed by atoms with E-state index in [1.54, 1.807) is 24.1 Å². The SMILES string of the molecule is CN(CCCOc1ccccc1N)CC(F)F. The zero-order chi connectivity index (χ0) is 12.7. The molecule has 0 atom stereocenters. The van der Waals surface area contributed by atoms with Crippen LogP contribution in [0.5, 0.6) is 5.75 Å². The van der Waals surface area contributed by atoms with Crippen LogP contribution >= 0.6 is 0 Å². The first kappa shape index (κ1) is 13.7. The van der Waals surface area contributed by atoms with Crippen LogP contribution in [0.4, 0.5) is 14.5 Å². The van der Waals surface area contributed by atoms with Crippen molar-refractivity contribution in [2.75, 3.05) is 32.5 Å². The van der Waals surface area contributed by atoms with Crippen LogP contribution in [0.3, 0.4) is 0 Å². The quantitative estimate of drug-likeness (QED) is 0.590. The third-order valence-electron chi connectivity index (χ3n) is 2.31. The Morgan fingerprint density at radius 3 is 2.71 bits per heavy atom. The number of benzene rings is 1. The second-order valence-corrected chi connectivity index (χ2v) is 3.89. The summed E-state index contributed by atoms with van der Waals surface area (Å²) in [6.45, 7) is 0.854. The summed E-state index contributed by atoms with van der Waals surface area (Å²) in [5, 5.41) is 0. The van der Waals surface area contributed by atoms with E-state index in [0.29, 0.717) is 31.0 Å². The minimum absolute atomic E-state index is 0.201. The third kappa shape index (κ3) is 5.49. The molecule has 1 rings (SSSR count). The summed E-state index contributed by atoms with van der Waals surface area (Å²) in [5.74, 6) is 0.643. The van der Waals surface area contributed by atoms with Crippen LogP contribution in [0.25, 0.3) is 0 Å². The fourth-order valence-electron chi connectivity index (χ4n) is 1.46. The van der Waals surface area contributed by atoms with E-state index < -0.39 is 6.43 Å². The molecule has 0 aliphatic rings. The van der Waals surface area contributed by atoms with E-state index in [0.717, 1.165) is 0 Å². The van der Waals surface area contributed by atoms with E-state index in [-0.39, 0.29) is 6.54 Å². The minimum Gasteiger partial charge on any atom is -0.491 e. The van der Waals surface area contributed by atoms with Gasteiger partial charge in [0, 0.05) is 6.54 Å². The molecule has 0 saturated heterocycles. The van der Waals surface area contributed by atoms with Gasteiger partial charge in [0.15, 0.2) is 0 Å². The van der Waals surface area contributed by atoms with Gasteiger partial charge in [0.05, 0.1) is 18.8 Å². The molecule has 5 heteroatoms.